The molecule has 1 amide bonds. The van der Waals surface area contributed by atoms with Gasteiger partial charge in [-0.15, -0.1) is 0 Å². The maximum absolute atomic E-state index is 11.0. The SMILES string of the molecule is CCC(=O)N(C)P(O)(=S)CC. The zero-order valence-corrected chi connectivity index (χ0v) is 8.78. The van der Waals surface area contributed by atoms with E-state index in [0.717, 1.165) is 0 Å². The topological polar surface area (TPSA) is 40.5 Å². The average Bonchev–Trinajstić information content (AvgIpc) is 2.01. The Kier molecular flexibility index (Phi) is 4.22. The lowest BCUT2D eigenvalue weighted by Gasteiger charge is -2.25. The van der Waals surface area contributed by atoms with Crippen molar-refractivity contribution in [1.29, 1.82) is 0 Å². The van der Waals surface area contributed by atoms with Crippen molar-refractivity contribution in [1.82, 2.24) is 4.67 Å². The zero-order valence-electron chi connectivity index (χ0n) is 7.07. The summed E-state index contributed by atoms with van der Waals surface area (Å²) in [5.41, 5.74) is 0. The molecule has 1 unspecified atom stereocenters. The van der Waals surface area contributed by atoms with Crippen molar-refractivity contribution >= 4 is 24.1 Å². The van der Waals surface area contributed by atoms with E-state index < -0.39 is 6.42 Å². The molecule has 66 valence electrons. The van der Waals surface area contributed by atoms with Gasteiger partial charge in [-0.3, -0.25) is 9.46 Å². The van der Waals surface area contributed by atoms with Crippen LogP contribution in [0.4, 0.5) is 0 Å². The van der Waals surface area contributed by atoms with Crippen LogP contribution < -0.4 is 0 Å². The number of carbonyl (C=O) groups excluding carboxylic acids is 1. The van der Waals surface area contributed by atoms with E-state index in [9.17, 15) is 9.69 Å². The Hall–Kier alpha value is 0.0800. The molecule has 0 aromatic rings. The molecule has 0 fully saturated rings. The van der Waals surface area contributed by atoms with Gasteiger partial charge in [-0.05, 0) is 11.8 Å². The predicted octanol–water partition coefficient (Wildman–Crippen LogP) is 1.18. The molecule has 0 heterocycles. The van der Waals surface area contributed by atoms with E-state index in [1.165, 1.54) is 4.67 Å². The lowest BCUT2D eigenvalue weighted by Crippen LogP contribution is -2.23. The van der Waals surface area contributed by atoms with E-state index in [0.29, 0.717) is 12.6 Å². The third-order valence-electron chi connectivity index (χ3n) is 1.54. The summed E-state index contributed by atoms with van der Waals surface area (Å²) in [5, 5.41) is 0. The smallest absolute Gasteiger partial charge is 0.227 e. The van der Waals surface area contributed by atoms with Crippen molar-refractivity contribution in [3.63, 3.8) is 0 Å². The highest BCUT2D eigenvalue weighted by Crippen LogP contribution is 2.43. The minimum absolute atomic E-state index is 0.0855. The molecular weight excluding hydrogens is 181 g/mol. The maximum Gasteiger partial charge on any atom is 0.227 e. The second-order valence-electron chi connectivity index (χ2n) is 2.25. The van der Waals surface area contributed by atoms with E-state index in [-0.39, 0.29) is 5.91 Å². The van der Waals surface area contributed by atoms with Crippen molar-refractivity contribution in [2.24, 2.45) is 0 Å². The summed E-state index contributed by atoms with van der Waals surface area (Å²) < 4.78 is 1.31. The molecule has 0 aliphatic carbocycles. The predicted molar refractivity (Wildman–Crippen MR) is 50.1 cm³/mol. The lowest BCUT2D eigenvalue weighted by molar-refractivity contribution is -0.125. The van der Waals surface area contributed by atoms with Crippen LogP contribution in [0.5, 0.6) is 0 Å². The summed E-state index contributed by atoms with van der Waals surface area (Å²) >= 11 is 4.88. The van der Waals surface area contributed by atoms with E-state index >= 15 is 0 Å². The fourth-order valence-electron chi connectivity index (χ4n) is 0.615. The maximum atomic E-state index is 11.0. The number of amides is 1. The van der Waals surface area contributed by atoms with Crippen LogP contribution in [-0.2, 0) is 16.6 Å². The van der Waals surface area contributed by atoms with Gasteiger partial charge in [0.05, 0.1) is 0 Å². The van der Waals surface area contributed by atoms with Gasteiger partial charge >= 0.3 is 0 Å². The standard InChI is InChI=1S/C6H14NO2PS/c1-4-6(8)7(3)10(9,11)5-2/h4-5H2,1-3H3,(H,9,11). The second-order valence-corrected chi connectivity index (χ2v) is 6.57. The van der Waals surface area contributed by atoms with Crippen LogP contribution >= 0.6 is 6.42 Å². The number of rotatable bonds is 3. The molecule has 1 atom stereocenters. The molecule has 0 aliphatic heterocycles. The number of hydrogen-bond acceptors (Lipinski definition) is 2. The molecule has 0 aromatic heterocycles. The monoisotopic (exact) mass is 195 g/mol. The van der Waals surface area contributed by atoms with Gasteiger partial charge in [-0.2, -0.15) is 0 Å². The van der Waals surface area contributed by atoms with Gasteiger partial charge in [-0.25, -0.2) is 0 Å². The van der Waals surface area contributed by atoms with Crippen LogP contribution in [0.2, 0.25) is 0 Å². The molecule has 0 aliphatic rings. The first-order valence-electron chi connectivity index (χ1n) is 3.54. The van der Waals surface area contributed by atoms with Crippen molar-refractivity contribution in [3.05, 3.63) is 0 Å². The van der Waals surface area contributed by atoms with Gasteiger partial charge in [0.1, 0.15) is 0 Å². The Labute approximate surface area is 72.5 Å². The number of nitrogens with zero attached hydrogens (tertiary/aromatic N) is 1. The van der Waals surface area contributed by atoms with Crippen LogP contribution in [0.25, 0.3) is 0 Å². The van der Waals surface area contributed by atoms with Crippen LogP contribution in [0, 0.1) is 0 Å². The molecule has 0 rings (SSSR count). The summed E-state index contributed by atoms with van der Waals surface area (Å²) in [6.45, 7) is 3.55. The first kappa shape index (κ1) is 11.1. The van der Waals surface area contributed by atoms with Gasteiger partial charge in [0.2, 0.25) is 5.91 Å². The highest BCUT2D eigenvalue weighted by molar-refractivity contribution is 8.10. The molecule has 1 N–H and O–H groups in total. The second kappa shape index (κ2) is 4.19. The Balaban J connectivity index is 4.35. The average molecular weight is 195 g/mol. The van der Waals surface area contributed by atoms with Crippen LogP contribution in [0.15, 0.2) is 0 Å². The Morgan fingerprint density at radius 2 is 2.09 bits per heavy atom. The first-order valence-corrected chi connectivity index (χ1v) is 6.43. The minimum Gasteiger partial charge on any atom is -0.350 e. The highest BCUT2D eigenvalue weighted by atomic mass is 32.4. The number of hydrogen-bond donors (Lipinski definition) is 1. The van der Waals surface area contributed by atoms with E-state index in [1.807, 2.05) is 0 Å². The number of carbonyl (C=O) groups is 1. The summed E-state index contributed by atoms with van der Waals surface area (Å²) in [7, 11) is 1.57. The molecule has 0 radical (unpaired) electrons. The van der Waals surface area contributed by atoms with Gasteiger partial charge in [-0.1, -0.05) is 13.8 Å². The first-order chi connectivity index (χ1) is 4.95. The zero-order chi connectivity index (χ0) is 9.07. The Bertz CT molecular complexity index is 195. The molecule has 0 aromatic carbocycles. The van der Waals surface area contributed by atoms with Gasteiger partial charge in [0.25, 0.3) is 0 Å². The third-order valence-corrected chi connectivity index (χ3v) is 5.04. The van der Waals surface area contributed by atoms with Crippen molar-refractivity contribution in [2.75, 3.05) is 13.2 Å². The van der Waals surface area contributed by atoms with E-state index in [1.54, 1.807) is 20.9 Å². The van der Waals surface area contributed by atoms with Crippen LogP contribution in [-0.4, -0.2) is 28.7 Å². The van der Waals surface area contributed by atoms with Crippen molar-refractivity contribution in [3.8, 4) is 0 Å². The normalized spacial score (nSPS) is 15.6. The van der Waals surface area contributed by atoms with Crippen molar-refractivity contribution in [2.45, 2.75) is 20.3 Å². The molecule has 11 heavy (non-hydrogen) atoms. The Morgan fingerprint density at radius 1 is 1.64 bits per heavy atom. The summed E-state index contributed by atoms with van der Waals surface area (Å²) in [4.78, 5) is 20.6. The van der Waals surface area contributed by atoms with Gasteiger partial charge in [0, 0.05) is 19.6 Å². The van der Waals surface area contributed by atoms with Crippen LogP contribution in [0.1, 0.15) is 20.3 Å². The third kappa shape index (κ3) is 2.89. The van der Waals surface area contributed by atoms with Crippen LogP contribution in [0.3, 0.4) is 0 Å². The van der Waals surface area contributed by atoms with E-state index in [2.05, 4.69) is 0 Å². The summed E-state index contributed by atoms with van der Waals surface area (Å²) in [6.07, 6.45) is -1.64. The molecule has 0 saturated heterocycles. The minimum atomic E-state index is -2.52. The van der Waals surface area contributed by atoms with Gasteiger partial charge < -0.3 is 4.89 Å². The largest absolute Gasteiger partial charge is 0.350 e. The molecule has 0 bridgehead atoms. The molecule has 0 saturated carbocycles. The molecular formula is C6H14NO2PS. The molecule has 3 nitrogen and oxygen atoms in total. The fraction of sp³-hybridized carbons (Fsp3) is 0.833. The molecule has 0 spiro atoms. The molecule has 5 heteroatoms. The Morgan fingerprint density at radius 3 is 2.36 bits per heavy atom. The summed E-state index contributed by atoms with van der Waals surface area (Å²) in [5.74, 6) is -0.0855. The van der Waals surface area contributed by atoms with Gasteiger partial charge in [0.15, 0.2) is 6.42 Å². The fourth-order valence-corrected chi connectivity index (χ4v) is 1.80. The van der Waals surface area contributed by atoms with Crippen molar-refractivity contribution < 1.29 is 9.69 Å². The summed E-state index contributed by atoms with van der Waals surface area (Å²) in [6, 6.07) is 0. The lowest BCUT2D eigenvalue weighted by atomic mass is 10.5. The highest BCUT2D eigenvalue weighted by Gasteiger charge is 2.20. The van der Waals surface area contributed by atoms with E-state index in [4.69, 9.17) is 11.8 Å². The quantitative estimate of drug-likeness (QED) is 0.687.